The van der Waals surface area contributed by atoms with Crippen molar-refractivity contribution in [1.29, 1.82) is 0 Å². The Kier molecular flexibility index (Phi) is 4.19. The lowest BCUT2D eigenvalue weighted by Gasteiger charge is -2.21. The van der Waals surface area contributed by atoms with Gasteiger partial charge in [-0.05, 0) is 12.3 Å². The fourth-order valence-electron chi connectivity index (χ4n) is 2.22. The molecule has 1 aromatic heterocycles. The lowest BCUT2D eigenvalue weighted by molar-refractivity contribution is -0.131. The molecule has 0 saturated heterocycles. The van der Waals surface area contributed by atoms with Gasteiger partial charge in [-0.3, -0.25) is 4.79 Å². The summed E-state index contributed by atoms with van der Waals surface area (Å²) in [7, 11) is 1.80. The fraction of sp³-hybridized carbons (Fsp3) is 0.769. The van der Waals surface area contributed by atoms with Crippen LogP contribution in [0.2, 0.25) is 0 Å². The first-order chi connectivity index (χ1) is 8.99. The van der Waals surface area contributed by atoms with Gasteiger partial charge in [0.2, 0.25) is 5.91 Å². The number of carbonyl (C=O) groups excluding carboxylic acids is 1. The van der Waals surface area contributed by atoms with Gasteiger partial charge in [-0.2, -0.15) is 0 Å². The minimum atomic E-state index is -0.0842. The Labute approximate surface area is 114 Å². The normalized spacial score (nSPS) is 15.6. The van der Waals surface area contributed by atoms with Crippen LogP contribution in [0, 0.1) is 5.92 Å². The van der Waals surface area contributed by atoms with E-state index in [-0.39, 0.29) is 11.9 Å². The van der Waals surface area contributed by atoms with Crippen LogP contribution in [-0.4, -0.2) is 38.7 Å². The standard InChI is InChI=1S/C13H23N5O/c1-9(2)10(14)7-13(19)17(3)8-12-16-15-11-5-4-6-18(11)12/h9-10H,4-8,14H2,1-3H3. The third-order valence-electron chi connectivity index (χ3n) is 3.76. The molecule has 19 heavy (non-hydrogen) atoms. The zero-order valence-corrected chi connectivity index (χ0v) is 12.0. The van der Waals surface area contributed by atoms with E-state index in [1.165, 1.54) is 0 Å². The summed E-state index contributed by atoms with van der Waals surface area (Å²) in [6, 6.07) is -0.0842. The largest absolute Gasteiger partial charge is 0.338 e. The van der Waals surface area contributed by atoms with Crippen LogP contribution in [0.3, 0.4) is 0 Å². The molecule has 106 valence electrons. The smallest absolute Gasteiger partial charge is 0.224 e. The second-order valence-electron chi connectivity index (χ2n) is 5.65. The summed E-state index contributed by atoms with van der Waals surface area (Å²) < 4.78 is 2.12. The molecular formula is C13H23N5O. The van der Waals surface area contributed by atoms with Crippen LogP contribution in [0.1, 0.15) is 38.3 Å². The summed E-state index contributed by atoms with van der Waals surface area (Å²) in [5, 5.41) is 8.31. The number of nitrogens with two attached hydrogens (primary N) is 1. The van der Waals surface area contributed by atoms with Crippen molar-refractivity contribution in [1.82, 2.24) is 19.7 Å². The number of fused-ring (bicyclic) bond motifs is 1. The van der Waals surface area contributed by atoms with E-state index in [1.807, 2.05) is 13.8 Å². The zero-order valence-electron chi connectivity index (χ0n) is 12.0. The number of nitrogens with zero attached hydrogens (tertiary/aromatic N) is 4. The summed E-state index contributed by atoms with van der Waals surface area (Å²) >= 11 is 0. The van der Waals surface area contributed by atoms with Crippen molar-refractivity contribution in [2.24, 2.45) is 11.7 Å². The molecule has 0 bridgehead atoms. The highest BCUT2D eigenvalue weighted by Gasteiger charge is 2.21. The van der Waals surface area contributed by atoms with Gasteiger partial charge in [-0.15, -0.1) is 10.2 Å². The number of carbonyl (C=O) groups is 1. The van der Waals surface area contributed by atoms with Gasteiger partial charge in [0.25, 0.3) is 0 Å². The second-order valence-corrected chi connectivity index (χ2v) is 5.65. The van der Waals surface area contributed by atoms with E-state index in [2.05, 4.69) is 14.8 Å². The molecule has 6 nitrogen and oxygen atoms in total. The van der Waals surface area contributed by atoms with E-state index in [4.69, 9.17) is 5.73 Å². The van der Waals surface area contributed by atoms with Crippen LogP contribution in [-0.2, 0) is 24.3 Å². The number of rotatable bonds is 5. The zero-order chi connectivity index (χ0) is 14.0. The summed E-state index contributed by atoms with van der Waals surface area (Å²) in [5.74, 6) is 2.29. The SMILES string of the molecule is CC(C)C(N)CC(=O)N(C)Cc1nnc2n1CCC2. The van der Waals surface area contributed by atoms with Gasteiger partial charge >= 0.3 is 0 Å². The maximum absolute atomic E-state index is 12.1. The van der Waals surface area contributed by atoms with Crippen molar-refractivity contribution >= 4 is 5.91 Å². The molecular weight excluding hydrogens is 242 g/mol. The Morgan fingerprint density at radius 2 is 2.21 bits per heavy atom. The predicted molar refractivity (Wildman–Crippen MR) is 72.2 cm³/mol. The van der Waals surface area contributed by atoms with E-state index in [1.54, 1.807) is 11.9 Å². The van der Waals surface area contributed by atoms with Crippen molar-refractivity contribution in [3.8, 4) is 0 Å². The Balaban J connectivity index is 1.93. The van der Waals surface area contributed by atoms with Gasteiger partial charge in [-0.1, -0.05) is 13.8 Å². The lowest BCUT2D eigenvalue weighted by atomic mass is 10.0. The van der Waals surface area contributed by atoms with Crippen LogP contribution in [0.5, 0.6) is 0 Å². The molecule has 0 fully saturated rings. The molecule has 1 unspecified atom stereocenters. The molecule has 0 saturated carbocycles. The van der Waals surface area contributed by atoms with Crippen LogP contribution in [0.4, 0.5) is 0 Å². The number of hydrogen-bond acceptors (Lipinski definition) is 4. The van der Waals surface area contributed by atoms with Crippen molar-refractivity contribution in [3.05, 3.63) is 11.6 Å². The van der Waals surface area contributed by atoms with Gasteiger partial charge in [0.1, 0.15) is 5.82 Å². The molecule has 0 spiro atoms. The van der Waals surface area contributed by atoms with Crippen LogP contribution in [0.25, 0.3) is 0 Å². The molecule has 1 aliphatic heterocycles. The van der Waals surface area contributed by atoms with Gasteiger partial charge in [0.15, 0.2) is 5.82 Å². The monoisotopic (exact) mass is 265 g/mol. The molecule has 2 rings (SSSR count). The molecule has 0 aromatic carbocycles. The number of hydrogen-bond donors (Lipinski definition) is 1. The van der Waals surface area contributed by atoms with E-state index in [0.717, 1.165) is 31.0 Å². The van der Waals surface area contributed by atoms with Crippen LogP contribution in [0.15, 0.2) is 0 Å². The Hall–Kier alpha value is -1.43. The molecule has 6 heteroatoms. The predicted octanol–water partition coefficient (Wildman–Crippen LogP) is 0.556. The first kappa shape index (κ1) is 14.0. The molecule has 1 aliphatic rings. The highest BCUT2D eigenvalue weighted by molar-refractivity contribution is 5.76. The molecule has 1 amide bonds. The number of aryl methyl sites for hydroxylation is 1. The van der Waals surface area contributed by atoms with Crippen molar-refractivity contribution in [2.75, 3.05) is 7.05 Å². The molecule has 0 radical (unpaired) electrons. The lowest BCUT2D eigenvalue weighted by Crippen LogP contribution is -2.36. The van der Waals surface area contributed by atoms with Crippen molar-refractivity contribution in [3.63, 3.8) is 0 Å². The summed E-state index contributed by atoms with van der Waals surface area (Å²) in [4.78, 5) is 13.8. The first-order valence-electron chi connectivity index (χ1n) is 6.89. The quantitative estimate of drug-likeness (QED) is 0.843. The van der Waals surface area contributed by atoms with E-state index in [0.29, 0.717) is 18.9 Å². The Morgan fingerprint density at radius 1 is 1.47 bits per heavy atom. The third-order valence-corrected chi connectivity index (χ3v) is 3.76. The van der Waals surface area contributed by atoms with Gasteiger partial charge < -0.3 is 15.2 Å². The second kappa shape index (κ2) is 5.69. The molecule has 2 heterocycles. The van der Waals surface area contributed by atoms with Crippen LogP contribution < -0.4 is 5.73 Å². The maximum Gasteiger partial charge on any atom is 0.224 e. The Morgan fingerprint density at radius 3 is 2.89 bits per heavy atom. The number of aromatic nitrogens is 3. The van der Waals surface area contributed by atoms with Crippen molar-refractivity contribution < 1.29 is 4.79 Å². The summed E-state index contributed by atoms with van der Waals surface area (Å²) in [5.41, 5.74) is 5.94. The highest BCUT2D eigenvalue weighted by atomic mass is 16.2. The van der Waals surface area contributed by atoms with Gasteiger partial charge in [0, 0.05) is 32.5 Å². The van der Waals surface area contributed by atoms with Crippen LogP contribution >= 0.6 is 0 Å². The minimum absolute atomic E-state index is 0.0662. The first-order valence-corrected chi connectivity index (χ1v) is 6.89. The van der Waals surface area contributed by atoms with Crippen molar-refractivity contribution in [2.45, 2.75) is 52.2 Å². The molecule has 1 aromatic rings. The topological polar surface area (TPSA) is 77.0 Å². The Bertz CT molecular complexity index is 454. The minimum Gasteiger partial charge on any atom is -0.338 e. The van der Waals surface area contributed by atoms with Gasteiger partial charge in [0.05, 0.1) is 6.54 Å². The summed E-state index contributed by atoms with van der Waals surface area (Å²) in [6.07, 6.45) is 2.49. The van der Waals surface area contributed by atoms with Gasteiger partial charge in [-0.25, -0.2) is 0 Å². The maximum atomic E-state index is 12.1. The molecule has 0 aliphatic carbocycles. The van der Waals surface area contributed by atoms with E-state index < -0.39 is 0 Å². The van der Waals surface area contributed by atoms with E-state index in [9.17, 15) is 4.79 Å². The summed E-state index contributed by atoms with van der Waals surface area (Å²) in [6.45, 7) is 5.54. The molecule has 2 N–H and O–H groups in total. The van der Waals surface area contributed by atoms with E-state index >= 15 is 0 Å². The highest BCUT2D eigenvalue weighted by Crippen LogP contribution is 2.15. The average Bonchev–Trinajstić information content (AvgIpc) is 2.93. The average molecular weight is 265 g/mol. The fourth-order valence-corrected chi connectivity index (χ4v) is 2.22. The number of amides is 1. The molecule has 1 atom stereocenters. The third kappa shape index (κ3) is 3.12.